The number of hydrogen-bond acceptors (Lipinski definition) is 4. The molecule has 0 spiro atoms. The maximum atomic E-state index is 13.3. The second-order valence-corrected chi connectivity index (χ2v) is 7.78. The molecule has 2 aromatic carbocycles. The normalized spacial score (nSPS) is 15.6. The number of hydrogen-bond donors (Lipinski definition) is 2. The average molecular weight is 440 g/mol. The Bertz CT molecular complexity index is 1250. The molecule has 1 unspecified atom stereocenters. The molecule has 1 atom stereocenters. The second kappa shape index (κ2) is 7.23. The molecule has 0 fully saturated rings. The predicted molar refractivity (Wildman–Crippen MR) is 113 cm³/mol. The summed E-state index contributed by atoms with van der Waals surface area (Å²) in [5.74, 6) is 0.513. The molecule has 0 saturated carbocycles. The fourth-order valence-corrected chi connectivity index (χ4v) is 4.14. The van der Waals surface area contributed by atoms with Gasteiger partial charge in [-0.15, -0.1) is 0 Å². The maximum Gasteiger partial charge on any atom is 0.273 e. The average Bonchev–Trinajstić information content (AvgIpc) is 3.45. The van der Waals surface area contributed by atoms with E-state index >= 15 is 0 Å². The minimum atomic E-state index is -0.485. The summed E-state index contributed by atoms with van der Waals surface area (Å²) in [7, 11) is 0. The van der Waals surface area contributed by atoms with Crippen molar-refractivity contribution in [1.82, 2.24) is 15.1 Å². The van der Waals surface area contributed by atoms with Crippen molar-refractivity contribution in [2.24, 2.45) is 0 Å². The Kier molecular flexibility index (Phi) is 4.53. The topological polar surface area (TPSA) is 82.4 Å². The molecule has 150 valence electrons. The monoisotopic (exact) mass is 439 g/mol. The van der Waals surface area contributed by atoms with Crippen LogP contribution in [0.15, 0.2) is 65.3 Å². The first-order chi connectivity index (χ1) is 14.5. The van der Waals surface area contributed by atoms with Gasteiger partial charge in [0.05, 0.1) is 28.9 Å². The molecule has 5 rings (SSSR count). The Morgan fingerprint density at radius 1 is 1.10 bits per heavy atom. The van der Waals surface area contributed by atoms with Crippen molar-refractivity contribution < 1.29 is 14.3 Å². The van der Waals surface area contributed by atoms with Crippen molar-refractivity contribution in [1.29, 1.82) is 0 Å². The van der Waals surface area contributed by atoms with Gasteiger partial charge in [0.15, 0.2) is 0 Å². The van der Waals surface area contributed by atoms with Crippen LogP contribution in [0.5, 0.6) is 5.75 Å². The molecule has 30 heavy (non-hydrogen) atoms. The number of aromatic hydroxyl groups is 1. The minimum Gasteiger partial charge on any atom is -0.507 e. The van der Waals surface area contributed by atoms with Gasteiger partial charge < -0.3 is 14.4 Å². The van der Waals surface area contributed by atoms with Crippen LogP contribution < -0.4 is 0 Å². The van der Waals surface area contributed by atoms with Gasteiger partial charge in [-0.25, -0.2) is 0 Å². The highest BCUT2D eigenvalue weighted by Gasteiger charge is 2.43. The maximum absolute atomic E-state index is 13.3. The third kappa shape index (κ3) is 2.96. The molecule has 6 nitrogen and oxygen atoms in total. The van der Waals surface area contributed by atoms with Crippen LogP contribution >= 0.6 is 23.2 Å². The SMILES string of the molecule is O=C1c2[nH]nc(-c3ccccc3O)c2C(c2ccc(Cl)c(Cl)c2)N1Cc1ccco1. The van der Waals surface area contributed by atoms with Gasteiger partial charge in [0.1, 0.15) is 22.9 Å². The first-order valence-electron chi connectivity index (χ1n) is 9.19. The molecule has 4 aromatic rings. The molecular weight excluding hydrogens is 425 g/mol. The summed E-state index contributed by atoms with van der Waals surface area (Å²) >= 11 is 12.4. The summed E-state index contributed by atoms with van der Waals surface area (Å²) in [5, 5.41) is 18.4. The Morgan fingerprint density at radius 3 is 2.67 bits per heavy atom. The van der Waals surface area contributed by atoms with E-state index in [1.54, 1.807) is 47.6 Å². The lowest BCUT2D eigenvalue weighted by molar-refractivity contribution is 0.0717. The van der Waals surface area contributed by atoms with E-state index in [-0.39, 0.29) is 18.2 Å². The molecule has 1 aliphatic heterocycles. The lowest BCUT2D eigenvalue weighted by Gasteiger charge is -2.26. The Hall–Kier alpha value is -3.22. The number of para-hydroxylation sites is 1. The van der Waals surface area contributed by atoms with Gasteiger partial charge in [-0.1, -0.05) is 41.4 Å². The number of aromatic nitrogens is 2. The van der Waals surface area contributed by atoms with Crippen LogP contribution in [0.1, 0.15) is 33.4 Å². The number of carbonyl (C=O) groups excluding carboxylic acids is 1. The van der Waals surface area contributed by atoms with E-state index in [1.165, 1.54) is 0 Å². The van der Waals surface area contributed by atoms with Gasteiger partial charge >= 0.3 is 0 Å². The van der Waals surface area contributed by atoms with Gasteiger partial charge in [-0.3, -0.25) is 9.89 Å². The van der Waals surface area contributed by atoms with Gasteiger partial charge in [0, 0.05) is 11.1 Å². The molecule has 0 saturated heterocycles. The molecule has 0 bridgehead atoms. The number of rotatable bonds is 4. The third-order valence-corrected chi connectivity index (χ3v) is 5.93. The van der Waals surface area contributed by atoms with Crippen LogP contribution in [0.4, 0.5) is 0 Å². The Balaban J connectivity index is 1.70. The van der Waals surface area contributed by atoms with Gasteiger partial charge in [0.25, 0.3) is 5.91 Å². The number of fused-ring (bicyclic) bond motifs is 1. The second-order valence-electron chi connectivity index (χ2n) is 6.97. The number of halogens is 2. The fraction of sp³-hybridized carbons (Fsp3) is 0.0909. The molecule has 1 aliphatic rings. The number of benzene rings is 2. The summed E-state index contributed by atoms with van der Waals surface area (Å²) in [6, 6.07) is 15.3. The molecule has 0 aliphatic carbocycles. The highest BCUT2D eigenvalue weighted by Crippen LogP contribution is 2.45. The quantitative estimate of drug-likeness (QED) is 0.444. The van der Waals surface area contributed by atoms with Gasteiger partial charge in [-0.05, 0) is 42.0 Å². The molecular formula is C22H15Cl2N3O3. The van der Waals surface area contributed by atoms with Crippen LogP contribution in [0.25, 0.3) is 11.3 Å². The van der Waals surface area contributed by atoms with Gasteiger partial charge in [0.2, 0.25) is 0 Å². The molecule has 8 heteroatoms. The largest absolute Gasteiger partial charge is 0.507 e. The van der Waals surface area contributed by atoms with Gasteiger partial charge in [-0.2, -0.15) is 5.10 Å². The number of nitrogens with zero attached hydrogens (tertiary/aromatic N) is 2. The summed E-state index contributed by atoms with van der Waals surface area (Å²) in [5.41, 5.74) is 2.87. The van der Waals surface area contributed by atoms with E-state index in [0.717, 1.165) is 5.56 Å². The van der Waals surface area contributed by atoms with Crippen LogP contribution in [-0.4, -0.2) is 26.1 Å². The number of H-pyrrole nitrogens is 1. The summed E-state index contributed by atoms with van der Waals surface area (Å²) in [6.07, 6.45) is 1.57. The molecule has 3 heterocycles. The fourth-order valence-electron chi connectivity index (χ4n) is 3.84. The van der Waals surface area contributed by atoms with Crippen LogP contribution in [0, 0.1) is 0 Å². The number of phenols is 1. The van der Waals surface area contributed by atoms with Crippen LogP contribution in [0.3, 0.4) is 0 Å². The summed E-state index contributed by atoms with van der Waals surface area (Å²) < 4.78 is 5.47. The van der Waals surface area contributed by atoms with E-state index in [2.05, 4.69) is 10.2 Å². The number of carbonyl (C=O) groups is 1. The highest BCUT2D eigenvalue weighted by atomic mass is 35.5. The van der Waals surface area contributed by atoms with Crippen LogP contribution in [0.2, 0.25) is 10.0 Å². The summed E-state index contributed by atoms with van der Waals surface area (Å²) in [4.78, 5) is 15.0. The standard InChI is InChI=1S/C22H15Cl2N3O3/c23-15-8-7-12(10-16(15)24)21-18-19(14-5-1-2-6-17(14)28)25-26-20(18)22(29)27(21)11-13-4-3-9-30-13/h1-10,21,28H,11H2,(H,25,26). The summed E-state index contributed by atoms with van der Waals surface area (Å²) in [6.45, 7) is 0.263. The van der Waals surface area contributed by atoms with Crippen molar-refractivity contribution in [3.05, 3.63) is 93.5 Å². The van der Waals surface area contributed by atoms with Crippen molar-refractivity contribution in [2.45, 2.75) is 12.6 Å². The lowest BCUT2D eigenvalue weighted by Crippen LogP contribution is -2.29. The third-order valence-electron chi connectivity index (χ3n) is 5.19. The van der Waals surface area contributed by atoms with E-state index < -0.39 is 6.04 Å². The number of nitrogens with one attached hydrogen (secondary N) is 1. The van der Waals surface area contributed by atoms with E-state index in [4.69, 9.17) is 27.6 Å². The molecule has 2 aromatic heterocycles. The van der Waals surface area contributed by atoms with E-state index in [1.807, 2.05) is 18.2 Å². The number of amides is 1. The zero-order valence-electron chi connectivity index (χ0n) is 15.5. The number of furan rings is 1. The first kappa shape index (κ1) is 18.8. The van der Waals surface area contributed by atoms with Crippen molar-refractivity contribution in [3.8, 4) is 17.0 Å². The van der Waals surface area contributed by atoms with Crippen molar-refractivity contribution >= 4 is 29.1 Å². The Morgan fingerprint density at radius 2 is 1.93 bits per heavy atom. The van der Waals surface area contributed by atoms with Crippen molar-refractivity contribution in [2.75, 3.05) is 0 Å². The minimum absolute atomic E-state index is 0.0802. The van der Waals surface area contributed by atoms with E-state index in [0.29, 0.717) is 38.3 Å². The highest BCUT2D eigenvalue weighted by molar-refractivity contribution is 6.42. The number of phenolic OH excluding ortho intramolecular Hbond substituents is 1. The first-order valence-corrected chi connectivity index (χ1v) is 9.95. The van der Waals surface area contributed by atoms with E-state index in [9.17, 15) is 9.90 Å². The Labute approximate surface area is 181 Å². The van der Waals surface area contributed by atoms with Crippen LogP contribution in [-0.2, 0) is 6.54 Å². The molecule has 0 radical (unpaired) electrons. The molecule has 2 N–H and O–H groups in total. The number of aromatic amines is 1. The molecule has 1 amide bonds. The zero-order chi connectivity index (χ0) is 20.8. The smallest absolute Gasteiger partial charge is 0.273 e. The predicted octanol–water partition coefficient (Wildman–Crippen LogP) is 5.43. The lowest BCUT2D eigenvalue weighted by atomic mass is 9.95. The van der Waals surface area contributed by atoms with Crippen molar-refractivity contribution in [3.63, 3.8) is 0 Å². The zero-order valence-corrected chi connectivity index (χ0v) is 17.0.